The Labute approximate surface area is 127 Å². The maximum Gasteiger partial charge on any atom is 0.251 e. The van der Waals surface area contributed by atoms with Gasteiger partial charge in [0.15, 0.2) is 0 Å². The van der Waals surface area contributed by atoms with Gasteiger partial charge in [0.05, 0.1) is 0 Å². The molecule has 0 heterocycles. The van der Waals surface area contributed by atoms with Crippen LogP contribution in [0.25, 0.3) is 0 Å². The number of hydrogen-bond acceptors (Lipinski definition) is 1. The SMILES string of the molecule is Cc1cc(F)ccc1C(=O)NCC1(CC(C)C)CCCC1. The van der Waals surface area contributed by atoms with Gasteiger partial charge in [0.25, 0.3) is 5.91 Å². The van der Waals surface area contributed by atoms with E-state index >= 15 is 0 Å². The second-order valence-electron chi connectivity index (χ2n) is 6.95. The van der Waals surface area contributed by atoms with Crippen molar-refractivity contribution in [1.29, 1.82) is 0 Å². The van der Waals surface area contributed by atoms with Gasteiger partial charge in [0, 0.05) is 12.1 Å². The van der Waals surface area contributed by atoms with E-state index in [2.05, 4.69) is 19.2 Å². The van der Waals surface area contributed by atoms with E-state index in [1.165, 1.54) is 37.8 Å². The Balaban J connectivity index is 2.02. The predicted molar refractivity (Wildman–Crippen MR) is 83.8 cm³/mol. The molecule has 0 saturated heterocycles. The lowest BCUT2D eigenvalue weighted by molar-refractivity contribution is 0.0921. The zero-order valence-corrected chi connectivity index (χ0v) is 13.3. The Hall–Kier alpha value is -1.38. The van der Waals surface area contributed by atoms with Gasteiger partial charge in [0.1, 0.15) is 5.82 Å². The largest absolute Gasteiger partial charge is 0.351 e. The molecular formula is C18H26FNO. The number of halogens is 1. The number of nitrogens with one attached hydrogen (secondary N) is 1. The first-order valence-electron chi connectivity index (χ1n) is 7.96. The Morgan fingerprint density at radius 3 is 2.57 bits per heavy atom. The van der Waals surface area contributed by atoms with E-state index in [-0.39, 0.29) is 17.1 Å². The fourth-order valence-electron chi connectivity index (χ4n) is 3.69. The van der Waals surface area contributed by atoms with Crippen LogP contribution in [0.2, 0.25) is 0 Å². The van der Waals surface area contributed by atoms with Gasteiger partial charge in [-0.25, -0.2) is 4.39 Å². The van der Waals surface area contributed by atoms with E-state index in [0.29, 0.717) is 17.0 Å². The summed E-state index contributed by atoms with van der Waals surface area (Å²) in [6, 6.07) is 4.33. The second kappa shape index (κ2) is 6.59. The highest BCUT2D eigenvalue weighted by Crippen LogP contribution is 2.42. The summed E-state index contributed by atoms with van der Waals surface area (Å²) in [6.45, 7) is 7.00. The van der Waals surface area contributed by atoms with E-state index in [9.17, 15) is 9.18 Å². The van der Waals surface area contributed by atoms with Gasteiger partial charge in [-0.2, -0.15) is 0 Å². The number of benzene rings is 1. The van der Waals surface area contributed by atoms with Crippen LogP contribution in [-0.4, -0.2) is 12.5 Å². The van der Waals surface area contributed by atoms with Gasteiger partial charge in [-0.3, -0.25) is 4.79 Å². The van der Waals surface area contributed by atoms with Gasteiger partial charge >= 0.3 is 0 Å². The molecule has 1 aromatic rings. The maximum absolute atomic E-state index is 13.1. The highest BCUT2D eigenvalue weighted by Gasteiger charge is 2.34. The van der Waals surface area contributed by atoms with Crippen molar-refractivity contribution < 1.29 is 9.18 Å². The molecule has 0 spiro atoms. The van der Waals surface area contributed by atoms with Crippen LogP contribution in [-0.2, 0) is 0 Å². The topological polar surface area (TPSA) is 29.1 Å². The molecule has 0 radical (unpaired) electrons. The minimum Gasteiger partial charge on any atom is -0.351 e. The van der Waals surface area contributed by atoms with Crippen LogP contribution in [0.3, 0.4) is 0 Å². The van der Waals surface area contributed by atoms with Crippen LogP contribution in [0.4, 0.5) is 4.39 Å². The molecular weight excluding hydrogens is 265 g/mol. The van der Waals surface area contributed by atoms with Crippen LogP contribution < -0.4 is 5.32 Å². The van der Waals surface area contributed by atoms with E-state index in [4.69, 9.17) is 0 Å². The van der Waals surface area contributed by atoms with Crippen LogP contribution in [0.5, 0.6) is 0 Å². The molecule has 1 aliphatic rings. The van der Waals surface area contributed by atoms with Crippen molar-refractivity contribution in [3.8, 4) is 0 Å². The number of carbonyl (C=O) groups excluding carboxylic acids is 1. The smallest absolute Gasteiger partial charge is 0.251 e. The van der Waals surface area contributed by atoms with Crippen molar-refractivity contribution in [1.82, 2.24) is 5.32 Å². The van der Waals surface area contributed by atoms with Gasteiger partial charge in [-0.15, -0.1) is 0 Å². The summed E-state index contributed by atoms with van der Waals surface area (Å²) >= 11 is 0. The minimum absolute atomic E-state index is 0.0810. The number of aryl methyl sites for hydroxylation is 1. The molecule has 1 amide bonds. The van der Waals surface area contributed by atoms with Crippen molar-refractivity contribution in [3.63, 3.8) is 0 Å². The molecule has 1 saturated carbocycles. The summed E-state index contributed by atoms with van der Waals surface area (Å²) in [5, 5.41) is 3.09. The summed E-state index contributed by atoms with van der Waals surface area (Å²) in [4.78, 5) is 12.3. The van der Waals surface area contributed by atoms with Gasteiger partial charge in [0.2, 0.25) is 0 Å². The number of rotatable bonds is 5. The predicted octanol–water partition coefficient (Wildman–Crippen LogP) is 4.47. The van der Waals surface area contributed by atoms with Crippen LogP contribution in [0, 0.1) is 24.1 Å². The Bertz CT molecular complexity index is 504. The van der Waals surface area contributed by atoms with E-state index < -0.39 is 0 Å². The van der Waals surface area contributed by atoms with Crippen molar-refractivity contribution in [2.24, 2.45) is 11.3 Å². The highest BCUT2D eigenvalue weighted by atomic mass is 19.1. The summed E-state index contributed by atoms with van der Waals surface area (Å²) in [5.74, 6) is 0.270. The van der Waals surface area contributed by atoms with E-state index in [1.54, 1.807) is 13.0 Å². The number of carbonyl (C=O) groups is 1. The number of hydrogen-bond donors (Lipinski definition) is 1. The first kappa shape index (κ1) is 16.0. The van der Waals surface area contributed by atoms with Crippen LogP contribution >= 0.6 is 0 Å². The normalized spacial score (nSPS) is 17.2. The monoisotopic (exact) mass is 291 g/mol. The highest BCUT2D eigenvalue weighted by molar-refractivity contribution is 5.95. The Morgan fingerprint density at radius 1 is 1.33 bits per heavy atom. The quantitative estimate of drug-likeness (QED) is 0.852. The van der Waals surface area contributed by atoms with E-state index in [0.717, 1.165) is 13.0 Å². The van der Waals surface area contributed by atoms with Crippen LogP contribution in [0.15, 0.2) is 18.2 Å². The third kappa shape index (κ3) is 4.05. The lowest BCUT2D eigenvalue weighted by Gasteiger charge is -2.31. The van der Waals surface area contributed by atoms with Crippen molar-refractivity contribution in [2.75, 3.05) is 6.54 Å². The molecule has 3 heteroatoms. The zero-order chi connectivity index (χ0) is 15.5. The van der Waals surface area contributed by atoms with Gasteiger partial charge in [-0.1, -0.05) is 26.7 Å². The lowest BCUT2D eigenvalue weighted by Crippen LogP contribution is -2.37. The average molecular weight is 291 g/mol. The van der Waals surface area contributed by atoms with Crippen LogP contribution in [0.1, 0.15) is 61.9 Å². The molecule has 1 fully saturated rings. The fraction of sp³-hybridized carbons (Fsp3) is 0.611. The molecule has 116 valence electrons. The standard InChI is InChI=1S/C18H26FNO/c1-13(2)11-18(8-4-5-9-18)12-20-17(21)16-7-6-15(19)10-14(16)3/h6-7,10,13H,4-5,8-9,11-12H2,1-3H3,(H,20,21). The molecule has 0 atom stereocenters. The summed E-state index contributed by atoms with van der Waals surface area (Å²) in [6.07, 6.45) is 6.09. The molecule has 2 nitrogen and oxygen atoms in total. The van der Waals surface area contributed by atoms with Gasteiger partial charge < -0.3 is 5.32 Å². The summed E-state index contributed by atoms with van der Waals surface area (Å²) < 4.78 is 13.1. The maximum atomic E-state index is 13.1. The Morgan fingerprint density at radius 2 is 2.00 bits per heavy atom. The number of amides is 1. The van der Waals surface area contributed by atoms with Crippen molar-refractivity contribution in [2.45, 2.75) is 52.9 Å². The molecule has 1 aliphatic carbocycles. The molecule has 0 aliphatic heterocycles. The molecule has 2 rings (SSSR count). The van der Waals surface area contributed by atoms with Crippen molar-refractivity contribution >= 4 is 5.91 Å². The van der Waals surface area contributed by atoms with Gasteiger partial charge in [-0.05, 0) is 61.3 Å². The first-order valence-corrected chi connectivity index (χ1v) is 7.96. The molecule has 0 aromatic heterocycles. The van der Waals surface area contributed by atoms with Crippen molar-refractivity contribution in [3.05, 3.63) is 35.1 Å². The Kier molecular flexibility index (Phi) is 5.02. The average Bonchev–Trinajstić information content (AvgIpc) is 2.84. The molecule has 0 unspecified atom stereocenters. The molecule has 1 aromatic carbocycles. The summed E-state index contributed by atoms with van der Waals surface area (Å²) in [5.41, 5.74) is 1.53. The molecule has 21 heavy (non-hydrogen) atoms. The minimum atomic E-state index is -0.295. The summed E-state index contributed by atoms with van der Waals surface area (Å²) in [7, 11) is 0. The zero-order valence-electron chi connectivity index (χ0n) is 13.3. The third-order valence-corrected chi connectivity index (χ3v) is 4.56. The second-order valence-corrected chi connectivity index (χ2v) is 6.95. The van der Waals surface area contributed by atoms with E-state index in [1.807, 2.05) is 0 Å². The fourth-order valence-corrected chi connectivity index (χ4v) is 3.69. The molecule has 1 N–H and O–H groups in total. The third-order valence-electron chi connectivity index (χ3n) is 4.56. The molecule has 0 bridgehead atoms. The first-order chi connectivity index (χ1) is 9.92. The lowest BCUT2D eigenvalue weighted by atomic mass is 9.78.